The molecule has 0 aliphatic carbocycles. The molecule has 91 heavy (non-hydrogen) atoms. The van der Waals surface area contributed by atoms with Gasteiger partial charge in [-0.15, -0.1) is 10.2 Å². The summed E-state index contributed by atoms with van der Waals surface area (Å²) in [6.45, 7) is 8.96. The first kappa shape index (κ1) is 69.9. The fourth-order valence-electron chi connectivity index (χ4n) is 12.0. The van der Waals surface area contributed by atoms with Gasteiger partial charge in [0.1, 0.15) is 24.2 Å². The van der Waals surface area contributed by atoms with Crippen LogP contribution in [0.25, 0.3) is 5.69 Å². The van der Waals surface area contributed by atoms with E-state index < -0.39 is 68.9 Å². The molecule has 1 aromatic heterocycles. The van der Waals surface area contributed by atoms with Crippen LogP contribution in [-0.2, 0) is 60.9 Å². The normalized spacial score (nSPS) is 17.7. The lowest BCUT2D eigenvalue weighted by Crippen LogP contribution is -2.29. The first-order valence-electron chi connectivity index (χ1n) is 30.0. The van der Waals surface area contributed by atoms with Gasteiger partial charge in [0.2, 0.25) is 17.5 Å². The summed E-state index contributed by atoms with van der Waals surface area (Å²) < 4.78 is 146. The first-order valence-corrected chi connectivity index (χ1v) is 36.4. The third kappa shape index (κ3) is 17.6. The maximum Gasteiger partial charge on any atom is 0.294 e. The highest BCUT2D eigenvalue weighted by Crippen LogP contribution is 2.52. The fourth-order valence-corrected chi connectivity index (χ4v) is 14.3. The first-order chi connectivity index (χ1) is 42.9. The summed E-state index contributed by atoms with van der Waals surface area (Å²) in [6, 6.07) is 20.9. The van der Waals surface area contributed by atoms with Crippen LogP contribution in [0, 0.1) is 6.92 Å². The zero-order chi connectivity index (χ0) is 66.1. The van der Waals surface area contributed by atoms with Crippen LogP contribution < -0.4 is 20.3 Å². The van der Waals surface area contributed by atoms with Crippen molar-refractivity contribution in [2.24, 2.45) is 4.99 Å². The summed E-state index contributed by atoms with van der Waals surface area (Å²) >= 11 is 6.25. The van der Waals surface area contributed by atoms with Crippen molar-refractivity contribution in [3.8, 4) is 11.4 Å². The molecule has 3 aliphatic heterocycles. The summed E-state index contributed by atoms with van der Waals surface area (Å²) in [7, 11) is -16.3. The zero-order valence-corrected chi connectivity index (χ0v) is 55.4. The smallest absolute Gasteiger partial charge is 0.294 e. The van der Waals surface area contributed by atoms with E-state index in [1.807, 2.05) is 84.2 Å². The van der Waals surface area contributed by atoms with Crippen molar-refractivity contribution in [1.29, 1.82) is 0 Å². The van der Waals surface area contributed by atoms with Gasteiger partial charge >= 0.3 is 0 Å². The van der Waals surface area contributed by atoms with Crippen molar-refractivity contribution >= 4 is 86.7 Å². The van der Waals surface area contributed by atoms with E-state index in [9.17, 15) is 61.5 Å². The molecule has 0 saturated heterocycles. The minimum absolute atomic E-state index is 0.0196. The molecule has 0 bridgehead atoms. The topological polar surface area (TPSA) is 337 Å². The number of nitrogens with zero attached hydrogens (tertiary/aromatic N) is 6. The molecule has 23 nitrogen and oxygen atoms in total. The Kier molecular flexibility index (Phi) is 22.5. The third-order valence-electron chi connectivity index (χ3n) is 16.7. The number of anilines is 1. The molecule has 0 saturated carbocycles. The number of unbranched alkanes of at least 4 members (excludes halogenated alkanes) is 6. The van der Waals surface area contributed by atoms with Gasteiger partial charge in [-0.2, -0.15) is 29.8 Å². The Hall–Kier alpha value is -6.95. The van der Waals surface area contributed by atoms with Gasteiger partial charge in [0.15, 0.2) is 11.5 Å². The largest absolute Gasteiger partial charge is 0.748 e. The average Bonchev–Trinajstić information content (AvgIpc) is 1.61. The zero-order valence-electron chi connectivity index (χ0n) is 51.3. The van der Waals surface area contributed by atoms with Gasteiger partial charge < -0.3 is 24.8 Å². The van der Waals surface area contributed by atoms with E-state index in [0.717, 1.165) is 28.9 Å². The van der Waals surface area contributed by atoms with E-state index in [0.29, 0.717) is 121 Å². The Morgan fingerprint density at radius 2 is 1.37 bits per heavy atom. The van der Waals surface area contributed by atoms with Crippen molar-refractivity contribution in [3.05, 3.63) is 154 Å². The molecule has 490 valence electrons. The van der Waals surface area contributed by atoms with Gasteiger partial charge in [0.05, 0.1) is 56.0 Å². The molecule has 28 heteroatoms. The van der Waals surface area contributed by atoms with E-state index in [1.165, 1.54) is 24.3 Å². The van der Waals surface area contributed by atoms with Crippen LogP contribution in [0.3, 0.4) is 0 Å². The minimum Gasteiger partial charge on any atom is -0.748 e. The van der Waals surface area contributed by atoms with Gasteiger partial charge in [0, 0.05) is 88.9 Å². The van der Waals surface area contributed by atoms with E-state index in [1.54, 1.807) is 49.6 Å². The molecule has 2 amide bonds. The number of aliphatic imine (C=N–C) groups is 1. The van der Waals surface area contributed by atoms with Crippen molar-refractivity contribution < 1.29 is 70.8 Å². The van der Waals surface area contributed by atoms with E-state index in [2.05, 4.69) is 20.8 Å². The maximum absolute atomic E-state index is 13.5. The second kappa shape index (κ2) is 29.3. The number of nitrogens with one attached hydrogen (secondary N) is 2. The Morgan fingerprint density at radius 1 is 0.725 bits per heavy atom. The number of aryl methyl sites for hydroxylation is 1. The van der Waals surface area contributed by atoms with Gasteiger partial charge in [-0.1, -0.05) is 54.8 Å². The van der Waals surface area contributed by atoms with Gasteiger partial charge in [-0.05, 0) is 151 Å². The number of carbonyl (C=O) groups excluding carboxylic acids is 2. The van der Waals surface area contributed by atoms with Crippen molar-refractivity contribution in [1.82, 2.24) is 25.4 Å². The van der Waals surface area contributed by atoms with Crippen molar-refractivity contribution in [2.75, 3.05) is 49.7 Å². The molecule has 0 radical (unpaired) electrons. The number of rotatable bonds is 31. The summed E-state index contributed by atoms with van der Waals surface area (Å²) in [6.07, 6.45) is 14.4. The molecule has 5 aromatic rings. The van der Waals surface area contributed by atoms with Crippen LogP contribution in [-0.4, -0.2) is 139 Å². The Morgan fingerprint density at radius 3 is 2.04 bits per heavy atom. The molecule has 2 atom stereocenters. The number of hydrogen-bond donors (Lipinski definition) is 5. The summed E-state index contributed by atoms with van der Waals surface area (Å²) in [5.74, 6) is 0.455. The number of carbonyl (C=O) groups is 2. The quantitative estimate of drug-likeness (QED) is 0.0119. The van der Waals surface area contributed by atoms with E-state index >= 15 is 0 Å². The molecule has 4 aromatic carbocycles. The third-order valence-corrected chi connectivity index (χ3v) is 20.2. The van der Waals surface area contributed by atoms with Crippen molar-refractivity contribution in [2.45, 2.75) is 138 Å². The summed E-state index contributed by atoms with van der Waals surface area (Å²) in [5, 5.41) is 15.4. The predicted molar refractivity (Wildman–Crippen MR) is 346 cm³/mol. The standard InChI is InChI=1S/C63H77ClN8O15S4/c1-43-68-69-61-52(67-60(44-22-24-45(64)25-23-44)49-39-46(87-5)26-29-53(49)72(43)61)42-59(74)66-34-14-8-13-33-65-58(73)21-11-7-12-32-63(4)51-41-48(91(84,85)86)28-31-55(51)71(36-16-18-38-89(78,79)80)57(63)20-10-6-9-19-56-62(2,3)50-40-47(90(81,82)83)27-30-54(50)70(56)35-15-17-37-88(75,76)77/h6,9-10,19-20,22-31,39-41,52H,7-8,11-18,21,32-38,42H2,1-5H3,(H5-,65,66,73,74,75,76,77,78,79,80,81,82,83,84,85,86). The van der Waals surface area contributed by atoms with Crippen LogP contribution in [0.4, 0.5) is 11.4 Å². The lowest BCUT2D eigenvalue weighted by atomic mass is 9.77. The highest BCUT2D eigenvalue weighted by molar-refractivity contribution is 7.86. The number of aromatic nitrogens is 3. The number of methoxy groups -OCH3 is 1. The van der Waals surface area contributed by atoms with Crippen LogP contribution >= 0.6 is 11.6 Å². The second-order valence-corrected chi connectivity index (χ2v) is 29.9. The number of amides is 2. The van der Waals surface area contributed by atoms with Gasteiger partial charge in [-0.25, -0.2) is 8.42 Å². The van der Waals surface area contributed by atoms with Gasteiger partial charge in [-0.3, -0.25) is 32.8 Å². The SMILES string of the molecule is COc1ccc2c(c1)C(c1ccc(Cl)cc1)=NC(CC(=O)NCCCCCNC(=O)CCCCCC1(C)/C(=C/C=C/C=C/C3=[N+](CCCCS(=O)(=O)O)c4ccc(S(=O)(=O)O)cc4C3(C)C)N(CCCCS(=O)(=O)[O-])c3ccc(S(=O)(=O)O)cc31)c1nnc(C)n1-2. The number of hydrogen-bond acceptors (Lipinski definition) is 16. The highest BCUT2D eigenvalue weighted by atomic mass is 35.5. The second-order valence-electron chi connectivity index (χ2n) is 23.6. The van der Waals surface area contributed by atoms with E-state index in [4.69, 9.17) is 21.3 Å². The van der Waals surface area contributed by atoms with Crippen LogP contribution in [0.1, 0.15) is 144 Å². The summed E-state index contributed by atoms with van der Waals surface area (Å²) in [4.78, 5) is 33.1. The number of halogens is 1. The van der Waals surface area contributed by atoms with Crippen LogP contribution in [0.2, 0.25) is 5.02 Å². The minimum atomic E-state index is -4.65. The van der Waals surface area contributed by atoms with E-state index in [-0.39, 0.29) is 60.3 Å². The molecule has 2 unspecified atom stereocenters. The Bertz CT molecular complexity index is 4190. The fraction of sp³-hybridized carbons (Fsp3) is 0.429. The molecule has 3 aliphatic rings. The number of ether oxygens (including phenoxy) is 1. The molecular weight excluding hydrogens is 1270 g/mol. The lowest BCUT2D eigenvalue weighted by Gasteiger charge is -2.30. The molecular formula is C63H77ClN8O15S4. The monoisotopic (exact) mass is 1350 g/mol. The summed E-state index contributed by atoms with van der Waals surface area (Å²) in [5.41, 5.74) is 5.24. The van der Waals surface area contributed by atoms with Crippen molar-refractivity contribution in [3.63, 3.8) is 0 Å². The Labute approximate surface area is 537 Å². The predicted octanol–water partition coefficient (Wildman–Crippen LogP) is 9.21. The number of benzene rings is 4. The Balaban J connectivity index is 0.886. The van der Waals surface area contributed by atoms with Crippen LogP contribution in [0.15, 0.2) is 130 Å². The molecule has 0 spiro atoms. The van der Waals surface area contributed by atoms with Crippen LogP contribution in [0.5, 0.6) is 5.75 Å². The highest BCUT2D eigenvalue weighted by Gasteiger charge is 2.46. The molecule has 4 heterocycles. The number of allylic oxidation sites excluding steroid dienone is 6. The molecule has 5 N–H and O–H groups in total. The molecule has 8 rings (SSSR count). The lowest BCUT2D eigenvalue weighted by molar-refractivity contribution is -0.438. The number of fused-ring (bicyclic) bond motifs is 5. The average molecular weight is 1350 g/mol. The van der Waals surface area contributed by atoms with Gasteiger partial charge in [0.25, 0.3) is 30.4 Å². The molecule has 0 fully saturated rings. The maximum atomic E-state index is 13.5.